The van der Waals surface area contributed by atoms with Gasteiger partial charge in [-0.2, -0.15) is 0 Å². The van der Waals surface area contributed by atoms with Gasteiger partial charge >= 0.3 is 0 Å². The summed E-state index contributed by atoms with van der Waals surface area (Å²) >= 11 is 5.60. The lowest BCUT2D eigenvalue weighted by Crippen LogP contribution is -2.06. The summed E-state index contributed by atoms with van der Waals surface area (Å²) in [6.45, 7) is 1.56. The number of aromatic nitrogens is 2. The number of hydrogen-bond acceptors (Lipinski definition) is 4. The molecule has 0 radical (unpaired) electrons. The van der Waals surface area contributed by atoms with Gasteiger partial charge in [-0.15, -0.1) is 0 Å². The van der Waals surface area contributed by atoms with Crippen LogP contribution in [-0.2, 0) is 4.74 Å². The normalized spacial score (nSPS) is 10.0. The van der Waals surface area contributed by atoms with Crippen LogP contribution in [0.15, 0.2) is 12.3 Å². The molecule has 72 valence electrons. The van der Waals surface area contributed by atoms with E-state index in [1.165, 1.54) is 0 Å². The molecule has 0 atom stereocenters. The van der Waals surface area contributed by atoms with Crippen LogP contribution in [0.2, 0.25) is 5.28 Å². The summed E-state index contributed by atoms with van der Waals surface area (Å²) < 4.78 is 4.90. The fourth-order valence-corrected chi connectivity index (χ4v) is 1.01. The molecule has 5 heteroatoms. The van der Waals surface area contributed by atoms with E-state index in [1.54, 1.807) is 19.4 Å². The van der Waals surface area contributed by atoms with Gasteiger partial charge in [0.2, 0.25) is 5.28 Å². The van der Waals surface area contributed by atoms with E-state index in [9.17, 15) is 0 Å². The highest BCUT2D eigenvalue weighted by Crippen LogP contribution is 2.05. The molecule has 13 heavy (non-hydrogen) atoms. The van der Waals surface area contributed by atoms with E-state index in [0.717, 1.165) is 25.4 Å². The minimum absolute atomic E-state index is 0.261. The maximum absolute atomic E-state index is 5.60. The lowest BCUT2D eigenvalue weighted by molar-refractivity contribution is 0.198. The largest absolute Gasteiger partial charge is 0.385 e. The van der Waals surface area contributed by atoms with Crippen molar-refractivity contribution in [2.75, 3.05) is 25.6 Å². The van der Waals surface area contributed by atoms with Gasteiger partial charge < -0.3 is 10.1 Å². The Morgan fingerprint density at radius 3 is 3.15 bits per heavy atom. The Labute approximate surface area is 82.3 Å². The van der Waals surface area contributed by atoms with Gasteiger partial charge in [-0.25, -0.2) is 9.97 Å². The predicted molar refractivity (Wildman–Crippen MR) is 52.0 cm³/mol. The van der Waals surface area contributed by atoms with E-state index in [2.05, 4.69) is 15.3 Å². The molecule has 0 saturated carbocycles. The second-order valence-corrected chi connectivity index (χ2v) is 2.82. The summed E-state index contributed by atoms with van der Waals surface area (Å²) in [7, 11) is 1.68. The molecule has 0 amide bonds. The molecule has 0 saturated heterocycles. The first-order valence-electron chi connectivity index (χ1n) is 4.04. The third kappa shape index (κ3) is 4.05. The molecule has 0 fully saturated rings. The standard InChI is InChI=1S/C8H12ClN3O/c1-13-6-2-4-10-7-3-5-11-8(9)12-7/h3,5H,2,4,6H2,1H3,(H,10,11,12). The number of hydrogen-bond donors (Lipinski definition) is 1. The summed E-state index contributed by atoms with van der Waals surface area (Å²) in [6.07, 6.45) is 2.56. The molecule has 0 aliphatic rings. The molecular weight excluding hydrogens is 190 g/mol. The van der Waals surface area contributed by atoms with E-state index >= 15 is 0 Å². The van der Waals surface area contributed by atoms with Crippen molar-refractivity contribution in [3.8, 4) is 0 Å². The summed E-state index contributed by atoms with van der Waals surface area (Å²) in [5.41, 5.74) is 0. The van der Waals surface area contributed by atoms with Crippen molar-refractivity contribution in [1.29, 1.82) is 0 Å². The Morgan fingerprint density at radius 1 is 1.62 bits per heavy atom. The molecule has 0 aromatic carbocycles. The first-order valence-corrected chi connectivity index (χ1v) is 4.42. The third-order valence-corrected chi connectivity index (χ3v) is 1.64. The highest BCUT2D eigenvalue weighted by Gasteiger charge is 1.94. The van der Waals surface area contributed by atoms with Crippen LogP contribution in [0.1, 0.15) is 6.42 Å². The Morgan fingerprint density at radius 2 is 2.46 bits per heavy atom. The minimum atomic E-state index is 0.261. The Bertz CT molecular complexity index is 257. The van der Waals surface area contributed by atoms with Gasteiger partial charge in [0.05, 0.1) is 0 Å². The molecule has 1 aromatic heterocycles. The van der Waals surface area contributed by atoms with Gasteiger partial charge in [0.25, 0.3) is 0 Å². The molecular formula is C8H12ClN3O. The van der Waals surface area contributed by atoms with Crippen molar-refractivity contribution in [1.82, 2.24) is 9.97 Å². The molecule has 0 spiro atoms. The van der Waals surface area contributed by atoms with E-state index in [4.69, 9.17) is 16.3 Å². The number of rotatable bonds is 5. The summed E-state index contributed by atoms with van der Waals surface area (Å²) in [4.78, 5) is 7.75. The lowest BCUT2D eigenvalue weighted by atomic mass is 10.4. The van der Waals surface area contributed by atoms with Gasteiger partial charge in [0.15, 0.2) is 0 Å². The predicted octanol–water partition coefficient (Wildman–Crippen LogP) is 1.58. The van der Waals surface area contributed by atoms with Crippen LogP contribution < -0.4 is 5.32 Å². The fraction of sp³-hybridized carbons (Fsp3) is 0.500. The monoisotopic (exact) mass is 201 g/mol. The van der Waals surface area contributed by atoms with Crippen LogP contribution in [0.4, 0.5) is 5.82 Å². The molecule has 0 unspecified atom stereocenters. The minimum Gasteiger partial charge on any atom is -0.385 e. The van der Waals surface area contributed by atoms with Crippen LogP contribution in [0.5, 0.6) is 0 Å². The van der Waals surface area contributed by atoms with Gasteiger partial charge in [0.1, 0.15) is 5.82 Å². The molecule has 1 N–H and O–H groups in total. The Kier molecular flexibility index (Phi) is 4.49. The highest BCUT2D eigenvalue weighted by molar-refractivity contribution is 6.28. The van der Waals surface area contributed by atoms with Crippen LogP contribution in [0.25, 0.3) is 0 Å². The Hall–Kier alpha value is -0.870. The van der Waals surface area contributed by atoms with Gasteiger partial charge in [-0.05, 0) is 24.1 Å². The molecule has 0 aliphatic carbocycles. The van der Waals surface area contributed by atoms with Crippen LogP contribution in [-0.4, -0.2) is 30.2 Å². The number of ether oxygens (including phenoxy) is 1. The zero-order chi connectivity index (χ0) is 9.52. The lowest BCUT2D eigenvalue weighted by Gasteiger charge is -2.03. The molecule has 0 aliphatic heterocycles. The van der Waals surface area contributed by atoms with Gasteiger partial charge in [-0.3, -0.25) is 0 Å². The maximum Gasteiger partial charge on any atom is 0.224 e. The maximum atomic E-state index is 5.60. The van der Waals surface area contributed by atoms with E-state index < -0.39 is 0 Å². The Balaban J connectivity index is 2.28. The van der Waals surface area contributed by atoms with Gasteiger partial charge in [-0.1, -0.05) is 0 Å². The zero-order valence-corrected chi connectivity index (χ0v) is 8.21. The number of halogens is 1. The summed E-state index contributed by atoms with van der Waals surface area (Å²) in [5, 5.41) is 3.37. The molecule has 1 rings (SSSR count). The summed E-state index contributed by atoms with van der Waals surface area (Å²) in [6, 6.07) is 1.78. The first-order chi connectivity index (χ1) is 6.33. The van der Waals surface area contributed by atoms with E-state index in [0.29, 0.717) is 0 Å². The number of anilines is 1. The van der Waals surface area contributed by atoms with Crippen molar-refractivity contribution in [3.05, 3.63) is 17.5 Å². The second kappa shape index (κ2) is 5.72. The number of nitrogens with zero attached hydrogens (tertiary/aromatic N) is 2. The summed E-state index contributed by atoms with van der Waals surface area (Å²) in [5.74, 6) is 0.746. The molecule has 0 bridgehead atoms. The van der Waals surface area contributed by atoms with Crippen LogP contribution in [0, 0.1) is 0 Å². The van der Waals surface area contributed by atoms with Crippen molar-refractivity contribution in [3.63, 3.8) is 0 Å². The van der Waals surface area contributed by atoms with E-state index in [1.807, 2.05) is 0 Å². The first kappa shape index (κ1) is 10.2. The average Bonchev–Trinajstić information content (AvgIpc) is 2.13. The fourth-order valence-electron chi connectivity index (χ4n) is 0.866. The second-order valence-electron chi connectivity index (χ2n) is 2.48. The number of methoxy groups -OCH3 is 1. The molecule has 1 aromatic rings. The zero-order valence-electron chi connectivity index (χ0n) is 7.46. The van der Waals surface area contributed by atoms with Crippen molar-refractivity contribution in [2.45, 2.75) is 6.42 Å². The quantitative estimate of drug-likeness (QED) is 0.581. The number of nitrogens with one attached hydrogen (secondary N) is 1. The van der Waals surface area contributed by atoms with Crippen molar-refractivity contribution in [2.24, 2.45) is 0 Å². The van der Waals surface area contributed by atoms with E-state index in [-0.39, 0.29) is 5.28 Å². The topological polar surface area (TPSA) is 47.0 Å². The van der Waals surface area contributed by atoms with Crippen molar-refractivity contribution >= 4 is 17.4 Å². The SMILES string of the molecule is COCCCNc1ccnc(Cl)n1. The van der Waals surface area contributed by atoms with Crippen LogP contribution >= 0.6 is 11.6 Å². The van der Waals surface area contributed by atoms with Crippen molar-refractivity contribution < 1.29 is 4.74 Å². The highest BCUT2D eigenvalue weighted by atomic mass is 35.5. The smallest absolute Gasteiger partial charge is 0.224 e. The van der Waals surface area contributed by atoms with Crippen LogP contribution in [0.3, 0.4) is 0 Å². The van der Waals surface area contributed by atoms with Gasteiger partial charge in [0, 0.05) is 26.5 Å². The average molecular weight is 202 g/mol. The molecule has 1 heterocycles. The molecule has 4 nitrogen and oxygen atoms in total. The third-order valence-electron chi connectivity index (χ3n) is 1.46.